The Morgan fingerprint density at radius 3 is 2.33 bits per heavy atom. The van der Waals surface area contributed by atoms with Crippen molar-refractivity contribution >= 4 is 0 Å². The Balaban J connectivity index is 3.56. The number of allylic oxidation sites excluding steroid dienone is 2. The summed E-state index contributed by atoms with van der Waals surface area (Å²) in [5.41, 5.74) is 0.0846. The SMILES string of the molecule is CC(C)C=CCCC(C)(C)CO. The van der Waals surface area contributed by atoms with Crippen LogP contribution in [0, 0.1) is 11.3 Å². The maximum atomic E-state index is 8.98. The molecule has 0 fully saturated rings. The second kappa shape index (κ2) is 5.36. The van der Waals surface area contributed by atoms with E-state index in [1.807, 2.05) is 0 Å². The molecule has 0 spiro atoms. The molecular formula is C11H22O. The summed E-state index contributed by atoms with van der Waals surface area (Å²) in [5.74, 6) is 0.641. The standard InChI is InChI=1S/C11H22O/c1-10(2)7-5-6-8-11(3,4)9-12/h5,7,10,12H,6,8-9H2,1-4H3. The summed E-state index contributed by atoms with van der Waals surface area (Å²) in [5, 5.41) is 8.98. The van der Waals surface area contributed by atoms with Gasteiger partial charge in [0, 0.05) is 6.61 Å². The minimum atomic E-state index is 0.0846. The van der Waals surface area contributed by atoms with Crippen LogP contribution >= 0.6 is 0 Å². The smallest absolute Gasteiger partial charge is 0.0482 e. The highest BCUT2D eigenvalue weighted by Crippen LogP contribution is 2.21. The van der Waals surface area contributed by atoms with E-state index >= 15 is 0 Å². The van der Waals surface area contributed by atoms with E-state index in [0.717, 1.165) is 12.8 Å². The fourth-order valence-electron chi connectivity index (χ4n) is 0.922. The second-order valence-corrected chi connectivity index (χ2v) is 4.53. The zero-order chi connectivity index (χ0) is 9.61. The molecule has 0 aromatic carbocycles. The fourth-order valence-corrected chi connectivity index (χ4v) is 0.922. The second-order valence-electron chi connectivity index (χ2n) is 4.53. The van der Waals surface area contributed by atoms with Crippen molar-refractivity contribution in [2.24, 2.45) is 11.3 Å². The molecule has 72 valence electrons. The lowest BCUT2D eigenvalue weighted by atomic mass is 9.89. The van der Waals surface area contributed by atoms with Gasteiger partial charge in [0.25, 0.3) is 0 Å². The van der Waals surface area contributed by atoms with E-state index in [1.54, 1.807) is 0 Å². The number of aliphatic hydroxyl groups is 1. The zero-order valence-corrected chi connectivity index (χ0v) is 8.80. The van der Waals surface area contributed by atoms with Gasteiger partial charge in [-0.25, -0.2) is 0 Å². The number of rotatable bonds is 5. The van der Waals surface area contributed by atoms with Crippen molar-refractivity contribution < 1.29 is 5.11 Å². The minimum absolute atomic E-state index is 0.0846. The van der Waals surface area contributed by atoms with Gasteiger partial charge in [-0.3, -0.25) is 0 Å². The number of hydrogen-bond acceptors (Lipinski definition) is 1. The molecule has 1 nitrogen and oxygen atoms in total. The molecular weight excluding hydrogens is 148 g/mol. The van der Waals surface area contributed by atoms with E-state index in [0.29, 0.717) is 5.92 Å². The largest absolute Gasteiger partial charge is 0.396 e. The summed E-state index contributed by atoms with van der Waals surface area (Å²) in [7, 11) is 0. The van der Waals surface area contributed by atoms with Crippen molar-refractivity contribution in [3.05, 3.63) is 12.2 Å². The van der Waals surface area contributed by atoms with E-state index in [-0.39, 0.29) is 12.0 Å². The Hall–Kier alpha value is -0.300. The summed E-state index contributed by atoms with van der Waals surface area (Å²) in [6.45, 7) is 8.82. The highest BCUT2D eigenvalue weighted by atomic mass is 16.3. The highest BCUT2D eigenvalue weighted by molar-refractivity contribution is 4.85. The molecule has 0 heterocycles. The van der Waals surface area contributed by atoms with Crippen molar-refractivity contribution in [2.45, 2.75) is 40.5 Å². The van der Waals surface area contributed by atoms with Crippen LogP contribution in [-0.2, 0) is 0 Å². The van der Waals surface area contributed by atoms with Gasteiger partial charge < -0.3 is 5.11 Å². The van der Waals surface area contributed by atoms with Gasteiger partial charge in [0.2, 0.25) is 0 Å². The minimum Gasteiger partial charge on any atom is -0.396 e. The monoisotopic (exact) mass is 170 g/mol. The molecule has 0 bridgehead atoms. The first kappa shape index (κ1) is 11.7. The van der Waals surface area contributed by atoms with Crippen LogP contribution in [0.3, 0.4) is 0 Å². The van der Waals surface area contributed by atoms with E-state index in [4.69, 9.17) is 5.11 Å². The van der Waals surface area contributed by atoms with Gasteiger partial charge in [0.1, 0.15) is 0 Å². The fraction of sp³-hybridized carbons (Fsp3) is 0.818. The van der Waals surface area contributed by atoms with Gasteiger partial charge in [-0.15, -0.1) is 0 Å². The summed E-state index contributed by atoms with van der Waals surface area (Å²) in [6.07, 6.45) is 6.56. The third kappa shape index (κ3) is 6.41. The third-order valence-electron chi connectivity index (χ3n) is 1.94. The highest BCUT2D eigenvalue weighted by Gasteiger charge is 2.14. The van der Waals surface area contributed by atoms with Gasteiger partial charge in [-0.1, -0.05) is 39.8 Å². The molecule has 0 saturated heterocycles. The van der Waals surface area contributed by atoms with Crippen molar-refractivity contribution in [1.29, 1.82) is 0 Å². The molecule has 1 N–H and O–H groups in total. The van der Waals surface area contributed by atoms with E-state index in [2.05, 4.69) is 39.8 Å². The Kier molecular flexibility index (Phi) is 5.23. The molecule has 0 radical (unpaired) electrons. The molecule has 0 aliphatic rings. The summed E-state index contributed by atoms with van der Waals surface area (Å²) in [4.78, 5) is 0. The van der Waals surface area contributed by atoms with E-state index in [1.165, 1.54) is 0 Å². The van der Waals surface area contributed by atoms with Crippen molar-refractivity contribution in [3.8, 4) is 0 Å². The number of aliphatic hydroxyl groups excluding tert-OH is 1. The Morgan fingerprint density at radius 2 is 1.92 bits per heavy atom. The Morgan fingerprint density at radius 1 is 1.33 bits per heavy atom. The first-order valence-corrected chi connectivity index (χ1v) is 4.75. The Bertz CT molecular complexity index is 134. The molecule has 12 heavy (non-hydrogen) atoms. The molecule has 0 aliphatic carbocycles. The molecule has 0 aromatic rings. The van der Waals surface area contributed by atoms with Gasteiger partial charge in [0.15, 0.2) is 0 Å². The number of hydrogen-bond donors (Lipinski definition) is 1. The lowest BCUT2D eigenvalue weighted by Crippen LogP contribution is -2.15. The quantitative estimate of drug-likeness (QED) is 0.629. The van der Waals surface area contributed by atoms with E-state index < -0.39 is 0 Å². The van der Waals surface area contributed by atoms with Gasteiger partial charge >= 0.3 is 0 Å². The summed E-state index contributed by atoms with van der Waals surface area (Å²) < 4.78 is 0. The average Bonchev–Trinajstić information content (AvgIpc) is 1.98. The third-order valence-corrected chi connectivity index (χ3v) is 1.94. The molecule has 0 aliphatic heterocycles. The normalized spacial score (nSPS) is 13.2. The van der Waals surface area contributed by atoms with Crippen LogP contribution in [0.15, 0.2) is 12.2 Å². The van der Waals surface area contributed by atoms with Gasteiger partial charge in [0.05, 0.1) is 0 Å². The summed E-state index contributed by atoms with van der Waals surface area (Å²) >= 11 is 0. The molecule has 0 rings (SSSR count). The van der Waals surface area contributed by atoms with Gasteiger partial charge in [-0.05, 0) is 24.2 Å². The van der Waals surface area contributed by atoms with Crippen LogP contribution in [0.25, 0.3) is 0 Å². The molecule has 1 heteroatoms. The van der Waals surface area contributed by atoms with Crippen LogP contribution in [0.1, 0.15) is 40.5 Å². The lowest BCUT2D eigenvalue weighted by molar-refractivity contribution is 0.151. The van der Waals surface area contributed by atoms with Crippen molar-refractivity contribution in [2.75, 3.05) is 6.61 Å². The predicted octanol–water partition coefficient (Wildman–Crippen LogP) is 3.00. The maximum absolute atomic E-state index is 8.98. The molecule has 0 unspecified atom stereocenters. The van der Waals surface area contributed by atoms with Crippen LogP contribution in [0.2, 0.25) is 0 Å². The lowest BCUT2D eigenvalue weighted by Gasteiger charge is -2.20. The van der Waals surface area contributed by atoms with Crippen LogP contribution < -0.4 is 0 Å². The van der Waals surface area contributed by atoms with Gasteiger partial charge in [-0.2, -0.15) is 0 Å². The van der Waals surface area contributed by atoms with Crippen LogP contribution in [0.5, 0.6) is 0 Å². The maximum Gasteiger partial charge on any atom is 0.0482 e. The molecule has 0 aromatic heterocycles. The zero-order valence-electron chi connectivity index (χ0n) is 8.80. The summed E-state index contributed by atoms with van der Waals surface area (Å²) in [6, 6.07) is 0. The topological polar surface area (TPSA) is 20.2 Å². The van der Waals surface area contributed by atoms with Crippen molar-refractivity contribution in [1.82, 2.24) is 0 Å². The van der Waals surface area contributed by atoms with E-state index in [9.17, 15) is 0 Å². The first-order chi connectivity index (χ1) is 5.48. The Labute approximate surface area is 76.5 Å². The van der Waals surface area contributed by atoms with Crippen molar-refractivity contribution in [3.63, 3.8) is 0 Å². The first-order valence-electron chi connectivity index (χ1n) is 4.75. The molecule has 0 atom stereocenters. The molecule has 0 saturated carbocycles. The molecule has 0 amide bonds. The average molecular weight is 170 g/mol. The van der Waals surface area contributed by atoms with Crippen LogP contribution in [-0.4, -0.2) is 11.7 Å². The predicted molar refractivity (Wildman–Crippen MR) is 54.1 cm³/mol. The van der Waals surface area contributed by atoms with Crippen LogP contribution in [0.4, 0.5) is 0 Å².